The van der Waals surface area contributed by atoms with E-state index >= 15 is 0 Å². The van der Waals surface area contributed by atoms with E-state index in [4.69, 9.17) is 5.11 Å². The minimum atomic E-state index is -4.53. The zero-order chi connectivity index (χ0) is 10.1. The Balaban J connectivity index is 2.93. The molecule has 13 heavy (non-hydrogen) atoms. The fourth-order valence-corrected chi connectivity index (χ4v) is 1.33. The monoisotopic (exact) mass is 211 g/mol. The van der Waals surface area contributed by atoms with Crippen LogP contribution in [0.25, 0.3) is 0 Å². The van der Waals surface area contributed by atoms with Gasteiger partial charge in [-0.25, -0.2) is 4.98 Å². The molecule has 1 aromatic heterocycles. The summed E-state index contributed by atoms with van der Waals surface area (Å²) >= 11 is 0.227. The molecule has 0 aromatic carbocycles. The Kier molecular flexibility index (Phi) is 2.67. The lowest BCUT2D eigenvalue weighted by molar-refractivity contribution is -0.137. The number of aromatic nitrogens is 1. The third-order valence-corrected chi connectivity index (χ3v) is 2.25. The number of thiazole rings is 1. The predicted octanol–water partition coefficient (Wildman–Crippen LogP) is 1.34. The summed E-state index contributed by atoms with van der Waals surface area (Å²) in [6, 6.07) is 0. The lowest BCUT2D eigenvalue weighted by atomic mass is 10.4. The first-order valence-electron chi connectivity index (χ1n) is 3.12. The number of aliphatic hydroxyl groups is 1. The molecule has 1 heterocycles. The van der Waals surface area contributed by atoms with Crippen LogP contribution in [0.1, 0.15) is 14.7 Å². The van der Waals surface area contributed by atoms with Crippen LogP contribution in [0.3, 0.4) is 0 Å². The molecule has 0 unspecified atom stereocenters. The van der Waals surface area contributed by atoms with Gasteiger partial charge in [0.1, 0.15) is 6.61 Å². The van der Waals surface area contributed by atoms with Gasteiger partial charge in [-0.1, -0.05) is 0 Å². The molecule has 0 radical (unpaired) electrons. The van der Waals surface area contributed by atoms with E-state index in [1.54, 1.807) is 0 Å². The van der Waals surface area contributed by atoms with E-state index in [0.717, 1.165) is 6.20 Å². The largest absolute Gasteiger partial charge is 0.443 e. The van der Waals surface area contributed by atoms with Crippen LogP contribution in [-0.2, 0) is 6.18 Å². The summed E-state index contributed by atoms with van der Waals surface area (Å²) < 4.78 is 35.8. The fraction of sp³-hybridized carbons (Fsp3) is 0.333. The van der Waals surface area contributed by atoms with Crippen LogP contribution in [0.2, 0.25) is 0 Å². The van der Waals surface area contributed by atoms with Gasteiger partial charge in [0.05, 0.1) is 4.88 Å². The van der Waals surface area contributed by atoms with E-state index in [2.05, 4.69) is 4.98 Å². The van der Waals surface area contributed by atoms with Crippen molar-refractivity contribution in [2.24, 2.45) is 0 Å². The maximum Gasteiger partial charge on any atom is 0.443 e. The standard InChI is InChI=1S/C6H4F3NO2S/c7-6(8,9)5-10-1-4(13-5)3(12)2-11/h1,11H,2H2. The summed E-state index contributed by atoms with van der Waals surface area (Å²) in [5.74, 6) is -0.756. The van der Waals surface area contributed by atoms with Gasteiger partial charge in [0.15, 0.2) is 10.8 Å². The molecule has 72 valence electrons. The van der Waals surface area contributed by atoms with Gasteiger partial charge in [0, 0.05) is 6.20 Å². The van der Waals surface area contributed by atoms with Crippen molar-refractivity contribution < 1.29 is 23.1 Å². The van der Waals surface area contributed by atoms with Crippen LogP contribution in [0, 0.1) is 0 Å². The summed E-state index contributed by atoms with van der Waals surface area (Å²) in [4.78, 5) is 13.5. The Bertz CT molecular complexity index is 320. The highest BCUT2D eigenvalue weighted by Crippen LogP contribution is 2.32. The quantitative estimate of drug-likeness (QED) is 0.751. The fourth-order valence-electron chi connectivity index (χ4n) is 0.612. The molecule has 0 saturated heterocycles. The number of hydrogen-bond donors (Lipinski definition) is 1. The first kappa shape index (κ1) is 10.1. The second-order valence-electron chi connectivity index (χ2n) is 2.11. The minimum absolute atomic E-state index is 0.185. The summed E-state index contributed by atoms with van der Waals surface area (Å²) in [5, 5.41) is 7.27. The van der Waals surface area contributed by atoms with Crippen molar-refractivity contribution in [3.05, 3.63) is 16.1 Å². The second kappa shape index (κ2) is 3.43. The molecule has 0 aliphatic rings. The topological polar surface area (TPSA) is 50.2 Å². The third-order valence-electron chi connectivity index (χ3n) is 1.17. The number of rotatable bonds is 2. The maximum atomic E-state index is 11.9. The molecule has 0 aliphatic heterocycles. The van der Waals surface area contributed by atoms with Crippen molar-refractivity contribution in [2.75, 3.05) is 6.61 Å². The zero-order valence-electron chi connectivity index (χ0n) is 6.13. The molecule has 1 rings (SSSR count). The van der Waals surface area contributed by atoms with Crippen molar-refractivity contribution in [3.8, 4) is 0 Å². The Hall–Kier alpha value is -0.950. The second-order valence-corrected chi connectivity index (χ2v) is 3.14. The predicted molar refractivity (Wildman–Crippen MR) is 38.5 cm³/mol. The number of nitrogens with zero attached hydrogens (tertiary/aromatic N) is 1. The van der Waals surface area contributed by atoms with Gasteiger partial charge >= 0.3 is 6.18 Å². The summed E-state index contributed by atoms with van der Waals surface area (Å²) in [5.41, 5.74) is 0. The Morgan fingerprint density at radius 2 is 2.23 bits per heavy atom. The van der Waals surface area contributed by atoms with Gasteiger partial charge in [-0.05, 0) is 0 Å². The molecule has 0 spiro atoms. The van der Waals surface area contributed by atoms with E-state index in [1.807, 2.05) is 0 Å². The lowest BCUT2D eigenvalue weighted by Gasteiger charge is -1.98. The number of alkyl halides is 3. The number of Topliss-reactive ketones (excluding diaryl/α,β-unsaturated/α-hetero) is 1. The molecule has 0 bridgehead atoms. The van der Waals surface area contributed by atoms with E-state index in [-0.39, 0.29) is 16.2 Å². The molecule has 0 saturated carbocycles. The van der Waals surface area contributed by atoms with Crippen molar-refractivity contribution >= 4 is 17.1 Å². The third kappa shape index (κ3) is 2.25. The number of aliphatic hydroxyl groups excluding tert-OH is 1. The van der Waals surface area contributed by atoms with Crippen LogP contribution in [0.5, 0.6) is 0 Å². The average Bonchev–Trinajstić information content (AvgIpc) is 2.50. The van der Waals surface area contributed by atoms with Crippen LogP contribution in [0.4, 0.5) is 13.2 Å². The lowest BCUT2D eigenvalue weighted by Crippen LogP contribution is -2.03. The maximum absolute atomic E-state index is 11.9. The molecule has 0 fully saturated rings. The smallest absolute Gasteiger partial charge is 0.388 e. The minimum Gasteiger partial charge on any atom is -0.388 e. The van der Waals surface area contributed by atoms with Gasteiger partial charge in [-0.15, -0.1) is 11.3 Å². The van der Waals surface area contributed by atoms with Crippen LogP contribution in [-0.4, -0.2) is 22.5 Å². The van der Waals surface area contributed by atoms with Crippen molar-refractivity contribution in [1.82, 2.24) is 4.98 Å². The number of halogens is 3. The van der Waals surface area contributed by atoms with E-state index < -0.39 is 23.6 Å². The molecule has 3 nitrogen and oxygen atoms in total. The van der Waals surface area contributed by atoms with E-state index in [0.29, 0.717) is 0 Å². The van der Waals surface area contributed by atoms with Crippen LogP contribution in [0.15, 0.2) is 6.20 Å². The Morgan fingerprint density at radius 1 is 1.62 bits per heavy atom. The summed E-state index contributed by atoms with van der Waals surface area (Å²) in [7, 11) is 0. The first-order valence-corrected chi connectivity index (χ1v) is 3.94. The van der Waals surface area contributed by atoms with Gasteiger partial charge in [-0.3, -0.25) is 4.79 Å². The molecule has 7 heteroatoms. The first-order chi connectivity index (χ1) is 5.95. The number of hydrogen-bond acceptors (Lipinski definition) is 4. The Morgan fingerprint density at radius 3 is 2.62 bits per heavy atom. The van der Waals surface area contributed by atoms with Crippen molar-refractivity contribution in [1.29, 1.82) is 0 Å². The highest BCUT2D eigenvalue weighted by Gasteiger charge is 2.35. The average molecular weight is 211 g/mol. The molecule has 1 aromatic rings. The van der Waals surface area contributed by atoms with Crippen molar-refractivity contribution in [3.63, 3.8) is 0 Å². The van der Waals surface area contributed by atoms with Crippen LogP contribution >= 0.6 is 11.3 Å². The number of carbonyl (C=O) groups is 1. The highest BCUT2D eigenvalue weighted by molar-refractivity contribution is 7.13. The van der Waals surface area contributed by atoms with Gasteiger partial charge in [-0.2, -0.15) is 13.2 Å². The molecule has 0 aliphatic carbocycles. The number of carbonyl (C=O) groups excluding carboxylic acids is 1. The van der Waals surface area contributed by atoms with Gasteiger partial charge in [0.2, 0.25) is 0 Å². The molecule has 0 atom stereocenters. The molecular weight excluding hydrogens is 207 g/mol. The van der Waals surface area contributed by atoms with E-state index in [9.17, 15) is 18.0 Å². The van der Waals surface area contributed by atoms with E-state index in [1.165, 1.54) is 0 Å². The van der Waals surface area contributed by atoms with Crippen molar-refractivity contribution in [2.45, 2.75) is 6.18 Å². The Labute approximate surface area is 74.8 Å². The number of ketones is 1. The normalized spacial score (nSPS) is 11.7. The van der Waals surface area contributed by atoms with Gasteiger partial charge in [0.25, 0.3) is 0 Å². The molecule has 1 N–H and O–H groups in total. The molecular formula is C6H4F3NO2S. The van der Waals surface area contributed by atoms with Gasteiger partial charge < -0.3 is 5.11 Å². The molecule has 0 amide bonds. The zero-order valence-corrected chi connectivity index (χ0v) is 6.95. The van der Waals surface area contributed by atoms with Crippen LogP contribution < -0.4 is 0 Å². The highest BCUT2D eigenvalue weighted by atomic mass is 32.1. The summed E-state index contributed by atoms with van der Waals surface area (Å²) in [6.45, 7) is -0.806. The summed E-state index contributed by atoms with van der Waals surface area (Å²) in [6.07, 6.45) is -3.72. The SMILES string of the molecule is O=C(CO)c1cnc(C(F)(F)F)s1.